The van der Waals surface area contributed by atoms with E-state index in [2.05, 4.69) is 4.98 Å². The van der Waals surface area contributed by atoms with E-state index < -0.39 is 31.9 Å². The lowest BCUT2D eigenvalue weighted by molar-refractivity contribution is -0.0435. The van der Waals surface area contributed by atoms with Gasteiger partial charge in [-0.2, -0.15) is 13.2 Å². The van der Waals surface area contributed by atoms with Gasteiger partial charge >= 0.3 is 5.51 Å². The summed E-state index contributed by atoms with van der Waals surface area (Å²) in [4.78, 5) is 4.39. The monoisotopic (exact) mass is 428 g/mol. The van der Waals surface area contributed by atoms with Crippen LogP contribution in [0.3, 0.4) is 0 Å². The normalized spacial score (nSPS) is 14.9. The van der Waals surface area contributed by atoms with E-state index in [1.807, 2.05) is 0 Å². The molecule has 0 amide bonds. The van der Waals surface area contributed by atoms with Gasteiger partial charge in [-0.15, -0.1) is 0 Å². The summed E-state index contributed by atoms with van der Waals surface area (Å²) in [6.07, 6.45) is 2.18. The van der Waals surface area contributed by atoms with Crippen LogP contribution >= 0.6 is 0 Å². The molecule has 29 heavy (non-hydrogen) atoms. The summed E-state index contributed by atoms with van der Waals surface area (Å²) in [5, 5.41) is 0.120. The summed E-state index contributed by atoms with van der Waals surface area (Å²) in [7, 11) is -5.63. The average Bonchev–Trinajstić information content (AvgIpc) is 2.65. The first kappa shape index (κ1) is 19.6. The van der Waals surface area contributed by atoms with Gasteiger partial charge in [0.2, 0.25) is 0 Å². The molecule has 152 valence electrons. The van der Waals surface area contributed by atoms with Crippen molar-refractivity contribution in [3.8, 4) is 0 Å². The van der Waals surface area contributed by atoms with Crippen LogP contribution in [0, 0.1) is 11.6 Å². The quantitative estimate of drug-likeness (QED) is 0.546. The maximum atomic E-state index is 14.6. The van der Waals surface area contributed by atoms with Gasteiger partial charge in [0.25, 0.3) is 9.84 Å². The number of aryl methyl sites for hydroxylation is 1. The SMILES string of the molecule is O=S(=O)(c1ccc(N2CCCc3cc(F)cc(F)c32)c2cccnc12)C(F)(F)F. The van der Waals surface area contributed by atoms with Crippen LogP contribution in [0.2, 0.25) is 0 Å². The van der Waals surface area contributed by atoms with Crippen LogP contribution in [0.1, 0.15) is 12.0 Å². The molecular formula is C19H13F5N2O2S. The van der Waals surface area contributed by atoms with E-state index in [0.29, 0.717) is 30.6 Å². The Bertz CT molecular complexity index is 1230. The maximum absolute atomic E-state index is 14.6. The molecule has 0 N–H and O–H groups in total. The van der Waals surface area contributed by atoms with Crippen LogP contribution in [0.5, 0.6) is 0 Å². The molecule has 0 bridgehead atoms. The van der Waals surface area contributed by atoms with Gasteiger partial charge in [0.1, 0.15) is 16.5 Å². The molecular weight excluding hydrogens is 415 g/mol. The number of rotatable bonds is 2. The third-order valence-corrected chi connectivity index (χ3v) is 6.32. The smallest absolute Gasteiger partial charge is 0.338 e. The van der Waals surface area contributed by atoms with Gasteiger partial charge in [-0.1, -0.05) is 0 Å². The number of fused-ring (bicyclic) bond motifs is 2. The van der Waals surface area contributed by atoms with E-state index in [0.717, 1.165) is 12.1 Å². The molecule has 0 unspecified atom stereocenters. The predicted molar refractivity (Wildman–Crippen MR) is 96.7 cm³/mol. The number of benzene rings is 2. The maximum Gasteiger partial charge on any atom is 0.501 e. The van der Waals surface area contributed by atoms with E-state index in [-0.39, 0.29) is 16.6 Å². The minimum atomic E-state index is -5.63. The Balaban J connectivity index is 1.97. The molecule has 0 fully saturated rings. The first-order valence-electron chi connectivity index (χ1n) is 8.56. The van der Waals surface area contributed by atoms with Crippen LogP contribution in [0.4, 0.5) is 33.3 Å². The van der Waals surface area contributed by atoms with Crippen molar-refractivity contribution < 1.29 is 30.4 Å². The molecule has 2 heterocycles. The van der Waals surface area contributed by atoms with Gasteiger partial charge in [0, 0.05) is 24.2 Å². The molecule has 0 saturated heterocycles. The summed E-state index contributed by atoms with van der Waals surface area (Å²) >= 11 is 0. The van der Waals surface area contributed by atoms with Crippen molar-refractivity contribution in [3.05, 3.63) is 59.8 Å². The first-order chi connectivity index (χ1) is 13.6. The van der Waals surface area contributed by atoms with Crippen molar-refractivity contribution in [3.63, 3.8) is 0 Å². The highest BCUT2D eigenvalue weighted by atomic mass is 32.2. The third-order valence-electron chi connectivity index (χ3n) is 4.80. The minimum Gasteiger partial charge on any atom is -0.338 e. The standard InChI is InChI=1S/C19H13F5N2O2S/c20-12-9-11-3-2-8-26(18(11)14(21)10-12)15-5-6-16(29(27,28)19(22,23)24)17-13(15)4-1-7-25-17/h1,4-7,9-10H,2-3,8H2. The zero-order valence-corrected chi connectivity index (χ0v) is 15.5. The van der Waals surface area contributed by atoms with Gasteiger partial charge in [0.05, 0.1) is 16.9 Å². The first-order valence-corrected chi connectivity index (χ1v) is 10.0. The fourth-order valence-corrected chi connectivity index (χ4v) is 4.51. The second kappa shape index (κ2) is 6.65. The summed E-state index contributed by atoms with van der Waals surface area (Å²) < 4.78 is 91.3. The Kier molecular flexibility index (Phi) is 4.49. The molecule has 0 aliphatic carbocycles. The number of anilines is 2. The van der Waals surface area contributed by atoms with Crippen molar-refractivity contribution in [2.24, 2.45) is 0 Å². The fraction of sp³-hybridized carbons (Fsp3) is 0.211. The molecule has 0 spiro atoms. The number of alkyl halides is 3. The molecule has 1 aliphatic rings. The number of aromatic nitrogens is 1. The highest BCUT2D eigenvalue weighted by molar-refractivity contribution is 7.92. The number of hydrogen-bond acceptors (Lipinski definition) is 4. The van der Waals surface area contributed by atoms with Crippen molar-refractivity contribution in [1.82, 2.24) is 4.98 Å². The summed E-state index contributed by atoms with van der Waals surface area (Å²) in [5.41, 5.74) is -5.01. The summed E-state index contributed by atoms with van der Waals surface area (Å²) in [6.45, 7) is 0.324. The summed E-state index contributed by atoms with van der Waals surface area (Å²) in [6, 6.07) is 6.84. The largest absolute Gasteiger partial charge is 0.501 e. The van der Waals surface area contributed by atoms with E-state index >= 15 is 0 Å². The summed E-state index contributed by atoms with van der Waals surface area (Å²) in [5.74, 6) is -1.52. The Morgan fingerprint density at radius 2 is 1.83 bits per heavy atom. The number of nitrogens with zero attached hydrogens (tertiary/aromatic N) is 2. The van der Waals surface area contributed by atoms with Gasteiger partial charge in [-0.3, -0.25) is 4.98 Å². The molecule has 2 aromatic carbocycles. The van der Waals surface area contributed by atoms with Crippen molar-refractivity contribution in [2.45, 2.75) is 23.2 Å². The van der Waals surface area contributed by atoms with E-state index in [1.54, 1.807) is 0 Å². The lowest BCUT2D eigenvalue weighted by Crippen LogP contribution is -2.27. The van der Waals surface area contributed by atoms with Crippen molar-refractivity contribution in [1.29, 1.82) is 0 Å². The van der Waals surface area contributed by atoms with E-state index in [1.165, 1.54) is 35.4 Å². The molecule has 1 aliphatic heterocycles. The number of sulfone groups is 1. The van der Waals surface area contributed by atoms with Crippen LogP contribution in [-0.4, -0.2) is 25.5 Å². The fourth-order valence-electron chi connectivity index (χ4n) is 3.60. The molecule has 0 radical (unpaired) electrons. The van der Waals surface area contributed by atoms with Crippen molar-refractivity contribution >= 4 is 32.1 Å². The molecule has 3 aromatic rings. The highest BCUT2D eigenvalue weighted by Crippen LogP contribution is 2.42. The van der Waals surface area contributed by atoms with Gasteiger partial charge in [-0.25, -0.2) is 17.2 Å². The van der Waals surface area contributed by atoms with Gasteiger partial charge < -0.3 is 4.90 Å². The van der Waals surface area contributed by atoms with Gasteiger partial charge in [0.15, 0.2) is 0 Å². The Morgan fingerprint density at radius 3 is 2.55 bits per heavy atom. The van der Waals surface area contributed by atoms with Crippen molar-refractivity contribution in [2.75, 3.05) is 11.4 Å². The number of pyridine rings is 1. The molecule has 4 rings (SSSR count). The van der Waals surface area contributed by atoms with Crippen LogP contribution < -0.4 is 4.90 Å². The topological polar surface area (TPSA) is 50.3 Å². The lowest BCUT2D eigenvalue weighted by Gasteiger charge is -2.32. The zero-order valence-electron chi connectivity index (χ0n) is 14.7. The Hall–Kier alpha value is -2.75. The van der Waals surface area contributed by atoms with E-state index in [9.17, 15) is 30.4 Å². The van der Waals surface area contributed by atoms with E-state index in [4.69, 9.17) is 0 Å². The zero-order chi connectivity index (χ0) is 21.0. The lowest BCUT2D eigenvalue weighted by atomic mass is 9.99. The number of hydrogen-bond donors (Lipinski definition) is 0. The number of halogens is 5. The highest BCUT2D eigenvalue weighted by Gasteiger charge is 2.48. The average molecular weight is 428 g/mol. The molecule has 1 aromatic heterocycles. The molecule has 0 saturated carbocycles. The minimum absolute atomic E-state index is 0.120. The van der Waals surface area contributed by atoms with Crippen LogP contribution in [-0.2, 0) is 16.3 Å². The third kappa shape index (κ3) is 3.11. The molecule has 0 atom stereocenters. The Morgan fingerprint density at radius 1 is 1.07 bits per heavy atom. The van der Waals surface area contributed by atoms with Crippen LogP contribution in [0.25, 0.3) is 10.9 Å². The second-order valence-corrected chi connectivity index (χ2v) is 8.49. The predicted octanol–water partition coefficient (Wildman–Crippen LogP) is 4.89. The van der Waals surface area contributed by atoms with Crippen LogP contribution in [0.15, 0.2) is 47.5 Å². The van der Waals surface area contributed by atoms with Gasteiger partial charge in [-0.05, 0) is 48.7 Å². The molecule has 4 nitrogen and oxygen atoms in total. The second-order valence-electron chi connectivity index (χ2n) is 6.58. The molecule has 10 heteroatoms. The Labute approximate surface area is 162 Å².